The van der Waals surface area contributed by atoms with Crippen LogP contribution in [0.15, 0.2) is 29.3 Å². The van der Waals surface area contributed by atoms with Gasteiger partial charge in [0.05, 0.1) is 17.6 Å². The highest BCUT2D eigenvalue weighted by Gasteiger charge is 2.33. The number of anilines is 3. The lowest BCUT2D eigenvalue weighted by Gasteiger charge is -2.29. The molecule has 1 aromatic carbocycles. The highest BCUT2D eigenvalue weighted by Crippen LogP contribution is 2.46. The molecule has 11 heteroatoms. The molecule has 230 valence electrons. The van der Waals surface area contributed by atoms with Crippen molar-refractivity contribution in [2.24, 2.45) is 10.9 Å². The molecule has 2 aromatic rings. The van der Waals surface area contributed by atoms with Crippen LogP contribution in [0.25, 0.3) is 0 Å². The largest absolute Gasteiger partial charge is 0.473 e. The number of sulfonamides is 1. The van der Waals surface area contributed by atoms with Crippen LogP contribution in [0, 0.1) is 31.6 Å². The summed E-state index contributed by atoms with van der Waals surface area (Å²) >= 11 is 0. The lowest BCUT2D eigenvalue weighted by molar-refractivity contribution is -0.124. The third-order valence-electron chi connectivity index (χ3n) is 7.83. The molecular weight excluding hydrogens is 566 g/mol. The topological polar surface area (TPSA) is 130 Å². The second kappa shape index (κ2) is 13.6. The number of amides is 2. The van der Waals surface area contributed by atoms with E-state index in [0.29, 0.717) is 61.2 Å². The minimum atomic E-state index is -3.61. The van der Waals surface area contributed by atoms with E-state index in [1.54, 1.807) is 18.9 Å². The Morgan fingerprint density at radius 2 is 1.77 bits per heavy atom. The monoisotopic (exact) mass is 607 g/mol. The Bertz CT molecular complexity index is 1580. The first-order valence-corrected chi connectivity index (χ1v) is 16.6. The van der Waals surface area contributed by atoms with Gasteiger partial charge in [0.15, 0.2) is 5.69 Å². The lowest BCUT2D eigenvalue weighted by Crippen LogP contribution is -2.38. The van der Waals surface area contributed by atoms with Crippen LogP contribution in [-0.4, -0.2) is 57.1 Å². The van der Waals surface area contributed by atoms with E-state index < -0.39 is 21.8 Å². The zero-order chi connectivity index (χ0) is 31.3. The fourth-order valence-corrected chi connectivity index (χ4v) is 5.92. The number of pyridine rings is 1. The van der Waals surface area contributed by atoms with Gasteiger partial charge in [-0.25, -0.2) is 13.4 Å². The summed E-state index contributed by atoms with van der Waals surface area (Å²) < 4.78 is 31.4. The first-order valence-electron chi connectivity index (χ1n) is 14.7. The maximum absolute atomic E-state index is 13.6. The Balaban J connectivity index is 1.67. The number of aryl methyl sites for hydroxylation is 2. The van der Waals surface area contributed by atoms with Crippen LogP contribution >= 0.6 is 0 Å². The second-order valence-electron chi connectivity index (χ2n) is 11.2. The summed E-state index contributed by atoms with van der Waals surface area (Å²) in [5.74, 6) is 5.33. The van der Waals surface area contributed by atoms with Crippen molar-refractivity contribution in [2.45, 2.75) is 78.2 Å². The minimum Gasteiger partial charge on any atom is -0.473 e. The maximum atomic E-state index is 13.6. The van der Waals surface area contributed by atoms with Crippen LogP contribution in [0.4, 0.5) is 17.2 Å². The summed E-state index contributed by atoms with van der Waals surface area (Å²) in [7, 11) is -1.98. The van der Waals surface area contributed by atoms with E-state index in [0.717, 1.165) is 35.9 Å². The molecule has 0 radical (unpaired) electrons. The molecule has 2 saturated carbocycles. The Morgan fingerprint density at radius 1 is 1.09 bits per heavy atom. The molecule has 4 rings (SSSR count). The van der Waals surface area contributed by atoms with Gasteiger partial charge < -0.3 is 10.1 Å². The number of nitrogens with one attached hydrogen (secondary N) is 2. The van der Waals surface area contributed by atoms with E-state index in [-0.39, 0.29) is 12.0 Å². The van der Waals surface area contributed by atoms with Gasteiger partial charge in [-0.15, -0.1) is 0 Å². The molecule has 1 heterocycles. The highest BCUT2D eigenvalue weighted by atomic mass is 32.2. The maximum Gasteiger partial charge on any atom is 0.308 e. The second-order valence-corrected chi connectivity index (χ2v) is 13.0. The third kappa shape index (κ3) is 7.93. The van der Waals surface area contributed by atoms with Gasteiger partial charge in [0.25, 0.3) is 0 Å². The van der Waals surface area contributed by atoms with E-state index in [1.165, 1.54) is 5.56 Å². The molecule has 0 atom stereocenters. The number of ether oxygens (including phenoxy) is 1. The van der Waals surface area contributed by atoms with Crippen molar-refractivity contribution in [3.63, 3.8) is 0 Å². The summed E-state index contributed by atoms with van der Waals surface area (Å²) in [6, 6.07) is 7.90. The molecule has 0 unspecified atom stereocenters. The van der Waals surface area contributed by atoms with Crippen molar-refractivity contribution in [3.8, 4) is 11.8 Å². The molecule has 2 fully saturated rings. The zero-order valence-corrected chi connectivity index (χ0v) is 26.6. The Kier molecular flexibility index (Phi) is 10.1. The number of nitrogens with zero attached hydrogens (tertiary/aromatic N) is 3. The van der Waals surface area contributed by atoms with Crippen LogP contribution in [0.1, 0.15) is 80.7 Å². The zero-order valence-electron chi connectivity index (χ0n) is 25.8. The summed E-state index contributed by atoms with van der Waals surface area (Å²) in [4.78, 5) is 36.9. The standard InChI is InChI=1S/C32H41N5O5S/c1-7-9-29(38)37(27-19-21(4)20(3)18-25(27)22-10-11-22)28-17-16-26(34-8-2)30(35-28)32(33-5)42-24-14-12-23(13-15-24)31(39)36-43(6,40)41/h16-19,22-24,34H,8,10-15H2,1-6H3,(H,36,39). The van der Waals surface area contributed by atoms with Crippen molar-refractivity contribution >= 4 is 44.9 Å². The minimum absolute atomic E-state index is 0.231. The normalized spacial score (nSPS) is 18.7. The molecule has 10 nitrogen and oxygen atoms in total. The SMILES string of the molecule is CC#CC(=O)N(c1ccc(NCC)c(C(=NC)OC2CCC(C(=O)NS(C)(=O)=O)CC2)n1)c1cc(C)c(C)cc1C1CC1. The van der Waals surface area contributed by atoms with Crippen molar-refractivity contribution in [2.75, 3.05) is 30.1 Å². The quantitative estimate of drug-likeness (QED) is 0.240. The molecule has 43 heavy (non-hydrogen) atoms. The molecule has 2 aliphatic rings. The molecular formula is C32H41N5O5S. The van der Waals surface area contributed by atoms with E-state index in [1.807, 2.05) is 32.0 Å². The lowest BCUT2D eigenvalue weighted by atomic mass is 9.87. The number of aliphatic imine (C=N–C) groups is 1. The number of carbonyl (C=O) groups excluding carboxylic acids is 2. The number of benzene rings is 1. The molecule has 1 aromatic heterocycles. The van der Waals surface area contributed by atoms with Crippen molar-refractivity contribution < 1.29 is 22.7 Å². The fourth-order valence-electron chi connectivity index (χ4n) is 5.39. The van der Waals surface area contributed by atoms with Crippen LogP contribution in [0.2, 0.25) is 0 Å². The average molecular weight is 608 g/mol. The highest BCUT2D eigenvalue weighted by molar-refractivity contribution is 7.89. The smallest absolute Gasteiger partial charge is 0.308 e. The summed E-state index contributed by atoms with van der Waals surface area (Å²) in [5.41, 5.74) is 5.34. The number of carbonyl (C=O) groups is 2. The molecule has 2 amide bonds. The van der Waals surface area contributed by atoms with Gasteiger partial charge in [0.1, 0.15) is 11.9 Å². The fraction of sp³-hybridized carbons (Fsp3) is 0.500. The first kappa shape index (κ1) is 32.0. The summed E-state index contributed by atoms with van der Waals surface area (Å²) in [6.45, 7) is 8.37. The number of rotatable bonds is 9. The molecule has 0 spiro atoms. The summed E-state index contributed by atoms with van der Waals surface area (Å²) in [6.07, 6.45) is 4.99. The first-order chi connectivity index (χ1) is 20.4. The molecule has 0 bridgehead atoms. The predicted octanol–water partition coefficient (Wildman–Crippen LogP) is 4.72. The van der Waals surface area contributed by atoms with Gasteiger partial charge in [-0.3, -0.25) is 24.2 Å². The Hall–Kier alpha value is -3.91. The number of hydrogen-bond donors (Lipinski definition) is 2. The predicted molar refractivity (Wildman–Crippen MR) is 169 cm³/mol. The van der Waals surface area contributed by atoms with E-state index in [9.17, 15) is 18.0 Å². The van der Waals surface area contributed by atoms with E-state index in [4.69, 9.17) is 9.72 Å². The number of hydrogen-bond acceptors (Lipinski definition) is 8. The van der Waals surface area contributed by atoms with Crippen LogP contribution in [0.5, 0.6) is 0 Å². The molecule has 0 aliphatic heterocycles. The van der Waals surface area contributed by atoms with E-state index in [2.05, 4.69) is 39.9 Å². The van der Waals surface area contributed by atoms with Crippen molar-refractivity contribution in [1.82, 2.24) is 9.71 Å². The van der Waals surface area contributed by atoms with Gasteiger partial charge in [-0.1, -0.05) is 12.0 Å². The van der Waals surface area contributed by atoms with Crippen molar-refractivity contribution in [3.05, 3.63) is 46.6 Å². The van der Waals surface area contributed by atoms with Gasteiger partial charge in [-0.2, -0.15) is 0 Å². The Morgan fingerprint density at radius 3 is 2.35 bits per heavy atom. The van der Waals surface area contributed by atoms with Gasteiger partial charge in [0.2, 0.25) is 21.8 Å². The average Bonchev–Trinajstić information content (AvgIpc) is 3.80. The van der Waals surface area contributed by atoms with Crippen LogP contribution in [-0.2, 0) is 24.3 Å². The van der Waals surface area contributed by atoms with Gasteiger partial charge >= 0.3 is 5.91 Å². The van der Waals surface area contributed by atoms with Crippen molar-refractivity contribution in [1.29, 1.82) is 0 Å². The molecule has 2 aliphatic carbocycles. The molecule has 2 N–H and O–H groups in total. The van der Waals surface area contributed by atoms with Gasteiger partial charge in [-0.05, 0) is 113 Å². The van der Waals surface area contributed by atoms with Gasteiger partial charge in [0, 0.05) is 19.5 Å². The van der Waals surface area contributed by atoms with Crippen LogP contribution in [0.3, 0.4) is 0 Å². The summed E-state index contributed by atoms with van der Waals surface area (Å²) in [5, 5.41) is 3.32. The Labute approximate surface area is 254 Å². The third-order valence-corrected chi connectivity index (χ3v) is 8.40. The molecule has 0 saturated heterocycles. The van der Waals surface area contributed by atoms with E-state index >= 15 is 0 Å². The van der Waals surface area contributed by atoms with Crippen LogP contribution < -0.4 is 14.9 Å². The number of aromatic nitrogens is 1.